The van der Waals surface area contributed by atoms with Crippen molar-refractivity contribution < 1.29 is 0 Å². The summed E-state index contributed by atoms with van der Waals surface area (Å²) in [6.45, 7) is 8.84. The molecule has 0 radical (unpaired) electrons. The van der Waals surface area contributed by atoms with Gasteiger partial charge in [-0.25, -0.2) is 0 Å². The van der Waals surface area contributed by atoms with Gasteiger partial charge in [-0.1, -0.05) is 55.3 Å². The van der Waals surface area contributed by atoms with E-state index >= 15 is 0 Å². The smallest absolute Gasteiger partial charge is 0.0257 e. The zero-order chi connectivity index (χ0) is 10.6. The molecule has 14 heavy (non-hydrogen) atoms. The molecule has 0 aromatic heterocycles. The highest BCUT2D eigenvalue weighted by molar-refractivity contribution is 5.52. The molecule has 0 spiro atoms. The highest BCUT2D eigenvalue weighted by Crippen LogP contribution is 2.14. The Bertz CT molecular complexity index is 301. The molecule has 0 fully saturated rings. The lowest BCUT2D eigenvalue weighted by Crippen LogP contribution is -1.87. The van der Waals surface area contributed by atoms with Gasteiger partial charge < -0.3 is 0 Å². The summed E-state index contributed by atoms with van der Waals surface area (Å²) in [5.74, 6) is 0.747. The van der Waals surface area contributed by atoms with Crippen LogP contribution < -0.4 is 0 Å². The first-order valence-electron chi connectivity index (χ1n) is 5.32. The van der Waals surface area contributed by atoms with E-state index in [0.717, 1.165) is 5.92 Å². The van der Waals surface area contributed by atoms with E-state index in [1.807, 2.05) is 0 Å². The SMILES string of the molecule is CC(=Cc1ccc(C)cc1)CC(C)C. The monoisotopic (exact) mass is 188 g/mol. The number of allylic oxidation sites excluding steroid dienone is 1. The van der Waals surface area contributed by atoms with Crippen LogP contribution in [-0.2, 0) is 0 Å². The highest BCUT2D eigenvalue weighted by atomic mass is 14.0. The summed E-state index contributed by atoms with van der Waals surface area (Å²) in [5, 5.41) is 0. The Morgan fingerprint density at radius 2 is 1.79 bits per heavy atom. The van der Waals surface area contributed by atoms with E-state index in [1.165, 1.54) is 23.1 Å². The number of rotatable bonds is 3. The Morgan fingerprint density at radius 3 is 2.29 bits per heavy atom. The fourth-order valence-electron chi connectivity index (χ4n) is 1.65. The molecule has 0 bridgehead atoms. The summed E-state index contributed by atoms with van der Waals surface area (Å²) < 4.78 is 0. The minimum absolute atomic E-state index is 0.747. The molecule has 0 N–H and O–H groups in total. The normalized spacial score (nSPS) is 12.2. The Balaban J connectivity index is 2.71. The van der Waals surface area contributed by atoms with Crippen LogP contribution in [0.15, 0.2) is 29.8 Å². The minimum Gasteiger partial charge on any atom is -0.0725 e. The molecular weight excluding hydrogens is 168 g/mol. The fourth-order valence-corrected chi connectivity index (χ4v) is 1.65. The van der Waals surface area contributed by atoms with Gasteiger partial charge in [0, 0.05) is 0 Å². The number of benzene rings is 1. The molecule has 76 valence electrons. The van der Waals surface area contributed by atoms with E-state index in [4.69, 9.17) is 0 Å². The van der Waals surface area contributed by atoms with E-state index in [2.05, 4.69) is 58.0 Å². The molecule has 1 aromatic carbocycles. The van der Waals surface area contributed by atoms with Gasteiger partial charge in [0.15, 0.2) is 0 Å². The van der Waals surface area contributed by atoms with Crippen LogP contribution >= 0.6 is 0 Å². The van der Waals surface area contributed by atoms with Crippen molar-refractivity contribution in [2.24, 2.45) is 5.92 Å². The maximum absolute atomic E-state index is 2.28. The van der Waals surface area contributed by atoms with E-state index < -0.39 is 0 Å². The predicted molar refractivity (Wildman–Crippen MR) is 64.3 cm³/mol. The van der Waals surface area contributed by atoms with Crippen LogP contribution in [-0.4, -0.2) is 0 Å². The second kappa shape index (κ2) is 4.99. The standard InChI is InChI=1S/C14H20/c1-11(2)9-13(4)10-14-7-5-12(3)6-8-14/h5-8,10-11H,9H2,1-4H3. The van der Waals surface area contributed by atoms with Gasteiger partial charge in [-0.05, 0) is 31.7 Å². The Labute approximate surface area is 87.7 Å². The summed E-state index contributed by atoms with van der Waals surface area (Å²) in [6, 6.07) is 8.68. The Hall–Kier alpha value is -1.04. The third-order valence-electron chi connectivity index (χ3n) is 2.22. The van der Waals surface area contributed by atoms with Crippen LogP contribution in [0.4, 0.5) is 0 Å². The summed E-state index contributed by atoms with van der Waals surface area (Å²) in [5.41, 5.74) is 4.10. The van der Waals surface area contributed by atoms with Gasteiger partial charge in [0.2, 0.25) is 0 Å². The van der Waals surface area contributed by atoms with Crippen molar-refractivity contribution in [3.63, 3.8) is 0 Å². The molecule has 0 heteroatoms. The van der Waals surface area contributed by atoms with Crippen molar-refractivity contribution in [2.45, 2.75) is 34.1 Å². The third kappa shape index (κ3) is 3.78. The van der Waals surface area contributed by atoms with E-state index in [9.17, 15) is 0 Å². The van der Waals surface area contributed by atoms with Crippen molar-refractivity contribution in [1.82, 2.24) is 0 Å². The summed E-state index contributed by atoms with van der Waals surface area (Å²) >= 11 is 0. The lowest BCUT2D eigenvalue weighted by Gasteiger charge is -2.04. The average Bonchev–Trinajstić information content (AvgIpc) is 2.07. The molecule has 0 aliphatic heterocycles. The number of hydrogen-bond acceptors (Lipinski definition) is 0. The van der Waals surface area contributed by atoms with E-state index in [0.29, 0.717) is 0 Å². The largest absolute Gasteiger partial charge is 0.0725 e. The first-order chi connectivity index (χ1) is 6.58. The molecular formula is C14H20. The van der Waals surface area contributed by atoms with Crippen LogP contribution in [0.1, 0.15) is 38.3 Å². The molecule has 0 aliphatic rings. The molecule has 1 aromatic rings. The van der Waals surface area contributed by atoms with Crippen LogP contribution in [0, 0.1) is 12.8 Å². The van der Waals surface area contributed by atoms with Gasteiger partial charge in [-0.2, -0.15) is 0 Å². The first-order valence-corrected chi connectivity index (χ1v) is 5.32. The average molecular weight is 188 g/mol. The molecule has 1 rings (SSSR count). The fraction of sp³-hybridized carbons (Fsp3) is 0.429. The molecule has 0 unspecified atom stereocenters. The Morgan fingerprint density at radius 1 is 1.21 bits per heavy atom. The maximum Gasteiger partial charge on any atom is -0.0257 e. The second-order valence-corrected chi connectivity index (χ2v) is 4.50. The predicted octanol–water partition coefficient (Wildman–Crippen LogP) is 4.44. The van der Waals surface area contributed by atoms with Gasteiger partial charge in [-0.15, -0.1) is 0 Å². The molecule has 0 saturated heterocycles. The molecule has 0 nitrogen and oxygen atoms in total. The molecule has 0 aliphatic carbocycles. The van der Waals surface area contributed by atoms with Gasteiger partial charge in [0.05, 0.1) is 0 Å². The summed E-state index contributed by atoms with van der Waals surface area (Å²) in [4.78, 5) is 0. The zero-order valence-corrected chi connectivity index (χ0v) is 9.67. The summed E-state index contributed by atoms with van der Waals surface area (Å²) in [7, 11) is 0. The highest BCUT2D eigenvalue weighted by Gasteiger charge is 1.96. The van der Waals surface area contributed by atoms with Crippen molar-refractivity contribution in [2.75, 3.05) is 0 Å². The second-order valence-electron chi connectivity index (χ2n) is 4.50. The van der Waals surface area contributed by atoms with Crippen LogP contribution in [0.3, 0.4) is 0 Å². The van der Waals surface area contributed by atoms with Crippen LogP contribution in [0.5, 0.6) is 0 Å². The topological polar surface area (TPSA) is 0 Å². The van der Waals surface area contributed by atoms with Crippen molar-refractivity contribution in [3.8, 4) is 0 Å². The van der Waals surface area contributed by atoms with Gasteiger partial charge in [-0.3, -0.25) is 0 Å². The van der Waals surface area contributed by atoms with Gasteiger partial charge in [0.25, 0.3) is 0 Å². The molecule has 0 atom stereocenters. The van der Waals surface area contributed by atoms with Crippen LogP contribution in [0.2, 0.25) is 0 Å². The minimum atomic E-state index is 0.747. The molecule has 0 heterocycles. The quantitative estimate of drug-likeness (QED) is 0.657. The molecule has 0 amide bonds. The maximum atomic E-state index is 2.28. The van der Waals surface area contributed by atoms with E-state index in [-0.39, 0.29) is 0 Å². The lowest BCUT2D eigenvalue weighted by molar-refractivity contribution is 0.644. The number of hydrogen-bond donors (Lipinski definition) is 0. The summed E-state index contributed by atoms with van der Waals surface area (Å²) in [6.07, 6.45) is 3.47. The lowest BCUT2D eigenvalue weighted by atomic mass is 10.0. The first kappa shape index (κ1) is 11.0. The third-order valence-corrected chi connectivity index (χ3v) is 2.22. The van der Waals surface area contributed by atoms with Gasteiger partial charge >= 0.3 is 0 Å². The molecule has 0 saturated carbocycles. The van der Waals surface area contributed by atoms with E-state index in [1.54, 1.807) is 0 Å². The van der Waals surface area contributed by atoms with Crippen molar-refractivity contribution in [1.29, 1.82) is 0 Å². The number of aryl methyl sites for hydroxylation is 1. The Kier molecular flexibility index (Phi) is 3.94. The zero-order valence-electron chi connectivity index (χ0n) is 9.67. The van der Waals surface area contributed by atoms with Crippen LogP contribution in [0.25, 0.3) is 6.08 Å². The van der Waals surface area contributed by atoms with Crippen molar-refractivity contribution in [3.05, 3.63) is 41.0 Å². The van der Waals surface area contributed by atoms with Gasteiger partial charge in [0.1, 0.15) is 0 Å². The van der Waals surface area contributed by atoms with Crippen molar-refractivity contribution >= 4 is 6.08 Å².